The topological polar surface area (TPSA) is 56.2 Å². The number of benzene rings is 1. The molecule has 4 nitrogen and oxygen atoms in total. The van der Waals surface area contributed by atoms with Crippen molar-refractivity contribution in [3.8, 4) is 0 Å². The SMILES string of the molecule is Cc1noc(C)c1C(=O)c1cc2cc(Br)ccc2o1. The molecule has 5 heteroatoms. The van der Waals surface area contributed by atoms with Crippen molar-refractivity contribution >= 4 is 32.7 Å². The summed E-state index contributed by atoms with van der Waals surface area (Å²) >= 11 is 3.39. The molecular formula is C14H10BrNO3. The average molecular weight is 320 g/mol. The molecule has 0 aliphatic rings. The van der Waals surface area contributed by atoms with Crippen LogP contribution in [0, 0.1) is 13.8 Å². The van der Waals surface area contributed by atoms with Gasteiger partial charge in [-0.1, -0.05) is 21.1 Å². The molecule has 2 heterocycles. The summed E-state index contributed by atoms with van der Waals surface area (Å²) in [6.07, 6.45) is 0. The molecule has 0 bridgehead atoms. The van der Waals surface area contributed by atoms with Gasteiger partial charge in [-0.25, -0.2) is 0 Å². The van der Waals surface area contributed by atoms with Crippen LogP contribution in [0.15, 0.2) is 37.7 Å². The van der Waals surface area contributed by atoms with E-state index in [2.05, 4.69) is 21.1 Å². The Balaban J connectivity index is 2.12. The summed E-state index contributed by atoms with van der Waals surface area (Å²) in [6.45, 7) is 3.45. The number of aryl methyl sites for hydroxylation is 2. The standard InChI is InChI=1S/C14H10BrNO3/c1-7-13(8(2)19-16-7)14(17)12-6-9-5-10(15)3-4-11(9)18-12/h3-6H,1-2H3. The fourth-order valence-corrected chi connectivity index (χ4v) is 2.44. The Labute approximate surface area is 117 Å². The maximum absolute atomic E-state index is 12.4. The molecule has 1 aromatic carbocycles. The highest BCUT2D eigenvalue weighted by molar-refractivity contribution is 9.10. The minimum absolute atomic E-state index is 0.205. The molecule has 0 unspecified atom stereocenters. The Morgan fingerprint density at radius 1 is 1.26 bits per heavy atom. The normalized spacial score (nSPS) is 11.1. The van der Waals surface area contributed by atoms with Gasteiger partial charge in [-0.3, -0.25) is 4.79 Å². The Bertz CT molecular complexity index is 766. The summed E-state index contributed by atoms with van der Waals surface area (Å²) in [5.74, 6) is 0.593. The third-order valence-corrected chi connectivity index (χ3v) is 3.46. The zero-order valence-corrected chi connectivity index (χ0v) is 11.9. The molecule has 0 saturated heterocycles. The van der Waals surface area contributed by atoms with Crippen molar-refractivity contribution in [3.05, 3.63) is 51.5 Å². The molecule has 0 amide bonds. The molecule has 0 aliphatic carbocycles. The number of hydrogen-bond acceptors (Lipinski definition) is 4. The van der Waals surface area contributed by atoms with E-state index in [1.54, 1.807) is 19.9 Å². The first-order valence-electron chi connectivity index (χ1n) is 5.73. The fourth-order valence-electron chi connectivity index (χ4n) is 2.06. The van der Waals surface area contributed by atoms with Crippen molar-refractivity contribution in [1.29, 1.82) is 0 Å². The molecule has 0 N–H and O–H groups in total. The van der Waals surface area contributed by atoms with E-state index in [0.29, 0.717) is 28.4 Å². The van der Waals surface area contributed by atoms with Crippen LogP contribution in [0.1, 0.15) is 27.6 Å². The van der Waals surface area contributed by atoms with E-state index in [4.69, 9.17) is 8.94 Å². The van der Waals surface area contributed by atoms with E-state index < -0.39 is 0 Å². The number of aromatic nitrogens is 1. The Kier molecular flexibility index (Phi) is 2.78. The van der Waals surface area contributed by atoms with Crippen LogP contribution in [0.25, 0.3) is 11.0 Å². The van der Waals surface area contributed by atoms with E-state index in [1.807, 2.05) is 18.2 Å². The van der Waals surface area contributed by atoms with Crippen molar-refractivity contribution in [2.45, 2.75) is 13.8 Å². The lowest BCUT2D eigenvalue weighted by atomic mass is 10.1. The second-order valence-corrected chi connectivity index (χ2v) is 5.24. The van der Waals surface area contributed by atoms with Gasteiger partial charge in [0.15, 0.2) is 5.76 Å². The largest absolute Gasteiger partial charge is 0.453 e. The number of rotatable bonds is 2. The van der Waals surface area contributed by atoms with Gasteiger partial charge < -0.3 is 8.94 Å². The Hall–Kier alpha value is -1.88. The van der Waals surface area contributed by atoms with Gasteiger partial charge in [0.05, 0.1) is 11.3 Å². The highest BCUT2D eigenvalue weighted by Gasteiger charge is 2.22. The number of furan rings is 1. The van der Waals surface area contributed by atoms with Crippen LogP contribution in [-0.2, 0) is 0 Å². The zero-order valence-electron chi connectivity index (χ0n) is 10.4. The molecule has 3 rings (SSSR count). The highest BCUT2D eigenvalue weighted by atomic mass is 79.9. The third kappa shape index (κ3) is 2.00. The predicted octanol–water partition coefficient (Wildman–Crippen LogP) is 4.03. The number of hydrogen-bond donors (Lipinski definition) is 0. The maximum atomic E-state index is 12.4. The van der Waals surface area contributed by atoms with Crippen molar-refractivity contribution in [2.75, 3.05) is 0 Å². The van der Waals surface area contributed by atoms with Crippen LogP contribution in [0.3, 0.4) is 0 Å². The molecule has 0 fully saturated rings. The quantitative estimate of drug-likeness (QED) is 0.669. The van der Waals surface area contributed by atoms with Gasteiger partial charge in [-0.2, -0.15) is 0 Å². The summed E-state index contributed by atoms with van der Waals surface area (Å²) in [5.41, 5.74) is 1.72. The van der Waals surface area contributed by atoms with Crippen LogP contribution in [-0.4, -0.2) is 10.9 Å². The molecule has 0 saturated carbocycles. The van der Waals surface area contributed by atoms with E-state index in [0.717, 1.165) is 9.86 Å². The first-order chi connectivity index (χ1) is 9.06. The van der Waals surface area contributed by atoms with Crippen LogP contribution in [0.2, 0.25) is 0 Å². The highest BCUT2D eigenvalue weighted by Crippen LogP contribution is 2.26. The van der Waals surface area contributed by atoms with Gasteiger partial charge in [0.25, 0.3) is 0 Å². The molecule has 0 spiro atoms. The molecular weight excluding hydrogens is 310 g/mol. The van der Waals surface area contributed by atoms with Gasteiger partial charge in [0.1, 0.15) is 11.3 Å². The summed E-state index contributed by atoms with van der Waals surface area (Å²) in [6, 6.07) is 7.33. The number of halogens is 1. The van der Waals surface area contributed by atoms with Gasteiger partial charge in [-0.15, -0.1) is 0 Å². The molecule has 0 radical (unpaired) electrons. The van der Waals surface area contributed by atoms with Crippen LogP contribution in [0.4, 0.5) is 0 Å². The second-order valence-electron chi connectivity index (χ2n) is 4.32. The molecule has 2 aromatic heterocycles. The number of fused-ring (bicyclic) bond motifs is 1. The molecule has 3 aromatic rings. The first kappa shape index (κ1) is 12.2. The summed E-state index contributed by atoms with van der Waals surface area (Å²) in [7, 11) is 0. The lowest BCUT2D eigenvalue weighted by Crippen LogP contribution is -2.02. The third-order valence-electron chi connectivity index (χ3n) is 2.96. The second kappa shape index (κ2) is 4.35. The van der Waals surface area contributed by atoms with Crippen molar-refractivity contribution < 1.29 is 13.7 Å². The smallest absolute Gasteiger partial charge is 0.233 e. The average Bonchev–Trinajstić information content (AvgIpc) is 2.92. The van der Waals surface area contributed by atoms with E-state index in [-0.39, 0.29) is 5.78 Å². The Morgan fingerprint density at radius 2 is 2.05 bits per heavy atom. The molecule has 19 heavy (non-hydrogen) atoms. The molecule has 0 atom stereocenters. The fraction of sp³-hybridized carbons (Fsp3) is 0.143. The van der Waals surface area contributed by atoms with Gasteiger partial charge >= 0.3 is 0 Å². The van der Waals surface area contributed by atoms with Crippen LogP contribution >= 0.6 is 15.9 Å². The maximum Gasteiger partial charge on any atom is 0.233 e. The number of carbonyl (C=O) groups excluding carboxylic acids is 1. The predicted molar refractivity (Wildman–Crippen MR) is 73.3 cm³/mol. The van der Waals surface area contributed by atoms with E-state index in [9.17, 15) is 4.79 Å². The monoisotopic (exact) mass is 319 g/mol. The first-order valence-corrected chi connectivity index (χ1v) is 6.52. The van der Waals surface area contributed by atoms with E-state index >= 15 is 0 Å². The van der Waals surface area contributed by atoms with E-state index in [1.165, 1.54) is 0 Å². The van der Waals surface area contributed by atoms with Gasteiger partial charge in [0, 0.05) is 9.86 Å². The van der Waals surface area contributed by atoms with Crippen molar-refractivity contribution in [3.63, 3.8) is 0 Å². The van der Waals surface area contributed by atoms with Crippen molar-refractivity contribution in [2.24, 2.45) is 0 Å². The summed E-state index contributed by atoms with van der Waals surface area (Å²) < 4.78 is 11.5. The minimum atomic E-state index is -0.205. The number of ketones is 1. The summed E-state index contributed by atoms with van der Waals surface area (Å²) in [5, 5.41) is 4.66. The van der Waals surface area contributed by atoms with Crippen LogP contribution < -0.4 is 0 Å². The zero-order chi connectivity index (χ0) is 13.6. The number of nitrogens with zero attached hydrogens (tertiary/aromatic N) is 1. The van der Waals surface area contributed by atoms with Gasteiger partial charge in [-0.05, 0) is 38.1 Å². The number of carbonyl (C=O) groups is 1. The minimum Gasteiger partial charge on any atom is -0.453 e. The van der Waals surface area contributed by atoms with Gasteiger partial charge in [0.2, 0.25) is 5.78 Å². The summed E-state index contributed by atoms with van der Waals surface area (Å²) in [4.78, 5) is 12.4. The van der Waals surface area contributed by atoms with Crippen LogP contribution in [0.5, 0.6) is 0 Å². The lowest BCUT2D eigenvalue weighted by molar-refractivity contribution is 0.101. The molecule has 0 aliphatic heterocycles. The Morgan fingerprint density at radius 3 is 2.74 bits per heavy atom. The molecule has 96 valence electrons. The van der Waals surface area contributed by atoms with Crippen molar-refractivity contribution in [1.82, 2.24) is 5.16 Å². The lowest BCUT2D eigenvalue weighted by Gasteiger charge is -1.94.